The lowest BCUT2D eigenvalue weighted by molar-refractivity contribution is -0.387. The number of carbonyl (C=O) groups is 1. The van der Waals surface area contributed by atoms with Gasteiger partial charge >= 0.3 is 5.97 Å². The molecule has 0 radical (unpaired) electrons. The molecule has 1 rings (SSSR count). The SMILES string of the molecule is CCOC(=O)CCCNS(=O)(=O)c1ccccc1[N+](=O)[O-]. The summed E-state index contributed by atoms with van der Waals surface area (Å²) in [5, 5.41) is 10.8. The molecule has 1 aromatic carbocycles. The molecule has 0 amide bonds. The van der Waals surface area contributed by atoms with E-state index < -0.39 is 31.5 Å². The fourth-order valence-electron chi connectivity index (χ4n) is 1.59. The quantitative estimate of drug-likeness (QED) is 0.333. The van der Waals surface area contributed by atoms with Crippen molar-refractivity contribution in [3.05, 3.63) is 34.4 Å². The second-order valence-corrected chi connectivity index (χ2v) is 5.77. The Kier molecular flexibility index (Phi) is 6.25. The minimum atomic E-state index is -3.99. The van der Waals surface area contributed by atoms with Crippen molar-refractivity contribution in [1.82, 2.24) is 4.72 Å². The summed E-state index contributed by atoms with van der Waals surface area (Å²) in [6.45, 7) is 1.93. The zero-order valence-electron chi connectivity index (χ0n) is 11.4. The highest BCUT2D eigenvalue weighted by atomic mass is 32.2. The van der Waals surface area contributed by atoms with Crippen LogP contribution in [-0.2, 0) is 19.6 Å². The summed E-state index contributed by atoms with van der Waals surface area (Å²) in [6, 6.07) is 5.07. The maximum Gasteiger partial charge on any atom is 0.305 e. The molecular formula is C12H16N2O6S. The zero-order valence-corrected chi connectivity index (χ0v) is 12.3. The Morgan fingerprint density at radius 1 is 1.38 bits per heavy atom. The van der Waals surface area contributed by atoms with E-state index >= 15 is 0 Å². The lowest BCUT2D eigenvalue weighted by Gasteiger charge is -2.07. The Bertz CT molecular complexity index is 614. The van der Waals surface area contributed by atoms with Crippen LogP contribution in [0.2, 0.25) is 0 Å². The molecule has 116 valence electrons. The van der Waals surface area contributed by atoms with Crippen LogP contribution in [0.15, 0.2) is 29.2 Å². The fourth-order valence-corrected chi connectivity index (χ4v) is 2.83. The van der Waals surface area contributed by atoms with E-state index in [0.29, 0.717) is 0 Å². The third-order valence-electron chi connectivity index (χ3n) is 2.51. The van der Waals surface area contributed by atoms with Crippen molar-refractivity contribution in [2.24, 2.45) is 0 Å². The van der Waals surface area contributed by atoms with Gasteiger partial charge in [0, 0.05) is 19.0 Å². The Labute approximate surface area is 122 Å². The van der Waals surface area contributed by atoms with Gasteiger partial charge < -0.3 is 4.74 Å². The van der Waals surface area contributed by atoms with E-state index in [9.17, 15) is 23.3 Å². The first-order chi connectivity index (χ1) is 9.88. The van der Waals surface area contributed by atoms with Crippen LogP contribution < -0.4 is 4.72 Å². The lowest BCUT2D eigenvalue weighted by atomic mass is 10.3. The second kappa shape index (κ2) is 7.70. The molecule has 0 unspecified atom stereocenters. The maximum absolute atomic E-state index is 12.0. The van der Waals surface area contributed by atoms with Crippen molar-refractivity contribution >= 4 is 21.7 Å². The van der Waals surface area contributed by atoms with Crippen LogP contribution in [0.5, 0.6) is 0 Å². The molecule has 1 aromatic rings. The first-order valence-electron chi connectivity index (χ1n) is 6.27. The van der Waals surface area contributed by atoms with Crippen molar-refractivity contribution in [3.8, 4) is 0 Å². The topological polar surface area (TPSA) is 116 Å². The first-order valence-corrected chi connectivity index (χ1v) is 7.75. The van der Waals surface area contributed by atoms with Crippen LogP contribution in [0, 0.1) is 10.1 Å². The highest BCUT2D eigenvalue weighted by Crippen LogP contribution is 2.22. The van der Waals surface area contributed by atoms with Gasteiger partial charge in [-0.3, -0.25) is 14.9 Å². The molecule has 0 aliphatic carbocycles. The average Bonchev–Trinajstić information content (AvgIpc) is 2.44. The molecule has 0 saturated carbocycles. The number of carbonyl (C=O) groups excluding carboxylic acids is 1. The molecule has 0 fully saturated rings. The number of ether oxygens (including phenoxy) is 1. The number of hydrogen-bond donors (Lipinski definition) is 1. The third-order valence-corrected chi connectivity index (χ3v) is 4.01. The Hall–Kier alpha value is -2.00. The van der Waals surface area contributed by atoms with E-state index in [-0.39, 0.29) is 26.0 Å². The fraction of sp³-hybridized carbons (Fsp3) is 0.417. The number of para-hydroxylation sites is 1. The summed E-state index contributed by atoms with van der Waals surface area (Å²) in [7, 11) is -3.99. The van der Waals surface area contributed by atoms with Gasteiger partial charge in [-0.1, -0.05) is 12.1 Å². The van der Waals surface area contributed by atoms with Crippen molar-refractivity contribution in [2.75, 3.05) is 13.2 Å². The smallest absolute Gasteiger partial charge is 0.305 e. The summed E-state index contributed by atoms with van der Waals surface area (Å²) < 4.78 is 30.9. The van der Waals surface area contributed by atoms with Crippen LogP contribution in [0.3, 0.4) is 0 Å². The van der Waals surface area contributed by atoms with E-state index in [1.165, 1.54) is 12.1 Å². The molecule has 0 saturated heterocycles. The first kappa shape index (κ1) is 17.1. The van der Waals surface area contributed by atoms with E-state index in [0.717, 1.165) is 12.1 Å². The van der Waals surface area contributed by atoms with E-state index in [4.69, 9.17) is 4.74 Å². The van der Waals surface area contributed by atoms with Gasteiger partial charge in [0.25, 0.3) is 5.69 Å². The second-order valence-electron chi connectivity index (χ2n) is 4.03. The number of nitro benzene ring substituents is 1. The molecule has 0 atom stereocenters. The monoisotopic (exact) mass is 316 g/mol. The molecule has 0 aliphatic rings. The summed E-state index contributed by atoms with van der Waals surface area (Å²) in [4.78, 5) is 20.8. The zero-order chi connectivity index (χ0) is 15.9. The van der Waals surface area contributed by atoms with Gasteiger partial charge in [-0.15, -0.1) is 0 Å². The normalized spacial score (nSPS) is 11.1. The van der Waals surface area contributed by atoms with E-state index in [1.807, 2.05) is 0 Å². The summed E-state index contributed by atoms with van der Waals surface area (Å²) in [5.74, 6) is -0.414. The van der Waals surface area contributed by atoms with Crippen LogP contribution in [0.4, 0.5) is 5.69 Å². The van der Waals surface area contributed by atoms with Crippen molar-refractivity contribution in [1.29, 1.82) is 0 Å². The largest absolute Gasteiger partial charge is 0.466 e. The number of esters is 1. The predicted octanol–water partition coefficient (Wildman–Crippen LogP) is 1.22. The van der Waals surface area contributed by atoms with Crippen LogP contribution >= 0.6 is 0 Å². The molecule has 9 heteroatoms. The minimum Gasteiger partial charge on any atom is -0.466 e. The van der Waals surface area contributed by atoms with Crippen molar-refractivity contribution in [2.45, 2.75) is 24.7 Å². The van der Waals surface area contributed by atoms with Gasteiger partial charge in [0.15, 0.2) is 4.90 Å². The lowest BCUT2D eigenvalue weighted by Crippen LogP contribution is -2.26. The highest BCUT2D eigenvalue weighted by Gasteiger charge is 2.24. The van der Waals surface area contributed by atoms with Gasteiger partial charge in [0.1, 0.15) is 0 Å². The molecule has 21 heavy (non-hydrogen) atoms. The van der Waals surface area contributed by atoms with Gasteiger partial charge in [-0.05, 0) is 19.4 Å². The molecule has 1 N–H and O–H groups in total. The van der Waals surface area contributed by atoms with Crippen LogP contribution in [0.1, 0.15) is 19.8 Å². The van der Waals surface area contributed by atoms with E-state index in [2.05, 4.69) is 4.72 Å². The molecule has 0 spiro atoms. The molecular weight excluding hydrogens is 300 g/mol. The highest BCUT2D eigenvalue weighted by molar-refractivity contribution is 7.89. The minimum absolute atomic E-state index is 0.00675. The number of benzene rings is 1. The molecule has 0 aliphatic heterocycles. The Balaban J connectivity index is 2.66. The number of sulfonamides is 1. The van der Waals surface area contributed by atoms with Gasteiger partial charge in [-0.2, -0.15) is 0 Å². The molecule has 0 aromatic heterocycles. The number of nitrogens with one attached hydrogen (secondary N) is 1. The maximum atomic E-state index is 12.0. The molecule has 0 heterocycles. The number of rotatable bonds is 8. The Morgan fingerprint density at radius 3 is 2.67 bits per heavy atom. The number of nitro groups is 1. The summed E-state index contributed by atoms with van der Waals surface area (Å²) in [5.41, 5.74) is -0.490. The third kappa shape index (κ3) is 5.12. The predicted molar refractivity (Wildman–Crippen MR) is 74.2 cm³/mol. The summed E-state index contributed by atoms with van der Waals surface area (Å²) in [6.07, 6.45) is 0.325. The van der Waals surface area contributed by atoms with Crippen molar-refractivity contribution in [3.63, 3.8) is 0 Å². The van der Waals surface area contributed by atoms with Gasteiger partial charge in [0.2, 0.25) is 10.0 Å². The summed E-state index contributed by atoms with van der Waals surface area (Å²) >= 11 is 0. The van der Waals surface area contributed by atoms with E-state index in [1.54, 1.807) is 6.92 Å². The van der Waals surface area contributed by atoms with Crippen molar-refractivity contribution < 1.29 is 22.9 Å². The van der Waals surface area contributed by atoms with Gasteiger partial charge in [0.05, 0.1) is 11.5 Å². The standard InChI is InChI=1S/C12H16N2O6S/c1-2-20-12(15)8-5-9-13-21(18,19)11-7-4-3-6-10(11)14(16)17/h3-4,6-7,13H,2,5,8-9H2,1H3. The van der Waals surface area contributed by atoms with Crippen LogP contribution in [-0.4, -0.2) is 32.5 Å². The average molecular weight is 316 g/mol. The van der Waals surface area contributed by atoms with Crippen LogP contribution in [0.25, 0.3) is 0 Å². The van der Waals surface area contributed by atoms with Gasteiger partial charge in [-0.25, -0.2) is 13.1 Å². The number of hydrogen-bond acceptors (Lipinski definition) is 6. The molecule has 8 nitrogen and oxygen atoms in total. The number of nitrogens with zero attached hydrogens (tertiary/aromatic N) is 1. The Morgan fingerprint density at radius 2 is 2.05 bits per heavy atom. The molecule has 0 bridgehead atoms.